The van der Waals surface area contributed by atoms with Gasteiger partial charge in [0.25, 0.3) is 0 Å². The van der Waals surface area contributed by atoms with Crippen LogP contribution in [0.5, 0.6) is 17.2 Å². The summed E-state index contributed by atoms with van der Waals surface area (Å²) < 4.78 is 132. The third-order valence-electron chi connectivity index (χ3n) is 8.28. The lowest BCUT2D eigenvalue weighted by molar-refractivity contribution is -0.138. The van der Waals surface area contributed by atoms with Crippen molar-refractivity contribution >= 4 is 42.9 Å². The highest BCUT2D eigenvalue weighted by molar-refractivity contribution is 7.99. The minimum Gasteiger partial charge on any atom is -0.490 e. The Kier molecular flexibility index (Phi) is 14.2. The first-order valence-electron chi connectivity index (χ1n) is 17.9. The van der Waals surface area contributed by atoms with Crippen molar-refractivity contribution in [2.45, 2.75) is 28.3 Å². The minimum absolute atomic E-state index is 0.459. The fourth-order valence-corrected chi connectivity index (χ4v) is 8.65. The van der Waals surface area contributed by atoms with Crippen molar-refractivity contribution in [2.24, 2.45) is 0 Å². The van der Waals surface area contributed by atoms with E-state index in [0.29, 0.717) is 18.2 Å². The molecule has 0 spiro atoms. The van der Waals surface area contributed by atoms with Crippen LogP contribution in [0.25, 0.3) is 0 Å². The van der Waals surface area contributed by atoms with Crippen LogP contribution in [0.1, 0.15) is 16.7 Å². The summed E-state index contributed by atoms with van der Waals surface area (Å²) in [5.74, 6) is -1.38. The van der Waals surface area contributed by atoms with Crippen molar-refractivity contribution in [3.8, 4) is 17.2 Å². The Balaban J connectivity index is 0.000000208. The smallest absolute Gasteiger partial charge is 0.490 e. The Bertz CT molecular complexity index is 2240. The second-order valence-electron chi connectivity index (χ2n) is 12.6. The van der Waals surface area contributed by atoms with E-state index in [2.05, 4.69) is 115 Å². The van der Waals surface area contributed by atoms with Gasteiger partial charge in [-0.25, -0.2) is 0 Å². The summed E-state index contributed by atoms with van der Waals surface area (Å²) in [4.78, 5) is 2.55. The van der Waals surface area contributed by atoms with Crippen molar-refractivity contribution < 1.29 is 53.5 Å². The normalized spacial score (nSPS) is 11.6. The second-order valence-corrected chi connectivity index (χ2v) is 16.0. The zero-order valence-corrected chi connectivity index (χ0v) is 32.7. The number of halogens is 9. The molecular weight excluding hydrogens is 833 g/mol. The summed E-state index contributed by atoms with van der Waals surface area (Å²) in [7, 11) is -2.57. The van der Waals surface area contributed by atoms with E-state index in [9.17, 15) is 39.5 Å². The molecule has 3 nitrogen and oxygen atoms in total. The topological polar surface area (TPSA) is 27.7 Å². The largest absolute Gasteiger partial charge is 0.864 e. The van der Waals surface area contributed by atoms with Gasteiger partial charge in [-0.15, -0.1) is 0 Å². The fourth-order valence-electron chi connectivity index (χ4n) is 5.53. The standard InChI is InChI=1S/C24H19PS.C21H12BF9O3/c1-4-10-20(11-5-1)25(21-12-6-2-7-13-21)22-16-18-24(19-17-22)26-23-14-8-3-9-15-23;23-19(24,25)13-4-1-7-16(10-13)32-22(33-17-8-2-5-14(11-17)20(26,27)28)34-18-9-3-6-15(12-18)21(29,30)31/h1-19H;1-12H. The molecule has 0 saturated heterocycles. The van der Waals surface area contributed by atoms with Crippen molar-refractivity contribution in [1.29, 1.82) is 0 Å². The Hall–Kier alpha value is -5.85. The van der Waals surface area contributed by atoms with E-state index in [1.54, 1.807) is 11.8 Å². The van der Waals surface area contributed by atoms with E-state index in [1.807, 2.05) is 0 Å². The molecule has 306 valence electrons. The number of hydrogen-bond donors (Lipinski definition) is 0. The van der Waals surface area contributed by atoms with Crippen LogP contribution in [0.4, 0.5) is 39.5 Å². The summed E-state index contributed by atoms with van der Waals surface area (Å²) in [6.45, 7) is 0. The van der Waals surface area contributed by atoms with Crippen LogP contribution in [0.3, 0.4) is 0 Å². The summed E-state index contributed by atoms with van der Waals surface area (Å²) in [6, 6.07) is 51.4. The summed E-state index contributed by atoms with van der Waals surface area (Å²) in [6.07, 6.45) is -14.2. The van der Waals surface area contributed by atoms with Crippen LogP contribution in [-0.2, 0) is 18.5 Å². The quantitative estimate of drug-likeness (QED) is 0.0736. The molecule has 60 heavy (non-hydrogen) atoms. The van der Waals surface area contributed by atoms with E-state index in [0.717, 1.165) is 54.6 Å². The van der Waals surface area contributed by atoms with Gasteiger partial charge in [-0.05, 0) is 103 Å². The van der Waals surface area contributed by atoms with Gasteiger partial charge in [0.1, 0.15) is 17.2 Å². The van der Waals surface area contributed by atoms with E-state index >= 15 is 0 Å². The monoisotopic (exact) mass is 864 g/mol. The van der Waals surface area contributed by atoms with Crippen LogP contribution in [-0.4, -0.2) is 7.32 Å². The second kappa shape index (κ2) is 19.5. The number of hydrogen-bond acceptors (Lipinski definition) is 4. The van der Waals surface area contributed by atoms with Gasteiger partial charge in [-0.1, -0.05) is 121 Å². The van der Waals surface area contributed by atoms with E-state index in [-0.39, 0.29) is 0 Å². The van der Waals surface area contributed by atoms with Crippen LogP contribution in [0.2, 0.25) is 0 Å². The third-order valence-corrected chi connectivity index (χ3v) is 11.7. The maximum Gasteiger partial charge on any atom is 0.864 e. The molecule has 0 saturated carbocycles. The van der Waals surface area contributed by atoms with Gasteiger partial charge in [0.05, 0.1) is 16.7 Å². The zero-order valence-electron chi connectivity index (χ0n) is 31.0. The highest BCUT2D eigenvalue weighted by Crippen LogP contribution is 2.36. The lowest BCUT2D eigenvalue weighted by Crippen LogP contribution is -2.37. The maximum absolute atomic E-state index is 13.0. The van der Waals surface area contributed by atoms with E-state index in [4.69, 9.17) is 14.0 Å². The van der Waals surface area contributed by atoms with Gasteiger partial charge in [0.2, 0.25) is 0 Å². The first-order chi connectivity index (χ1) is 28.6. The fraction of sp³-hybridized carbons (Fsp3) is 0.0667. The first kappa shape index (κ1) is 43.7. The molecule has 0 aliphatic carbocycles. The molecule has 15 heteroatoms. The summed E-state index contributed by atoms with van der Waals surface area (Å²) in [5.41, 5.74) is -3.33. The minimum atomic E-state index is -4.74. The number of rotatable bonds is 11. The molecule has 0 aromatic heterocycles. The van der Waals surface area contributed by atoms with Crippen molar-refractivity contribution in [1.82, 2.24) is 0 Å². The molecule has 0 aliphatic rings. The number of alkyl halides is 9. The summed E-state index contributed by atoms with van der Waals surface area (Å²) in [5, 5.41) is 4.16. The first-order valence-corrected chi connectivity index (χ1v) is 20.0. The van der Waals surface area contributed by atoms with Crippen molar-refractivity contribution in [3.63, 3.8) is 0 Å². The molecule has 0 heterocycles. The Labute approximate surface area is 345 Å². The lowest BCUT2D eigenvalue weighted by atomic mass is 10.1. The number of benzene rings is 7. The molecule has 7 rings (SSSR count). The predicted octanol–water partition coefficient (Wildman–Crippen LogP) is 12.9. The predicted molar refractivity (Wildman–Crippen MR) is 218 cm³/mol. The van der Waals surface area contributed by atoms with Gasteiger partial charge >= 0.3 is 25.9 Å². The maximum atomic E-state index is 13.0. The molecule has 0 unspecified atom stereocenters. The summed E-state index contributed by atoms with van der Waals surface area (Å²) >= 11 is 1.81. The van der Waals surface area contributed by atoms with Gasteiger partial charge in [0.15, 0.2) is 0 Å². The lowest BCUT2D eigenvalue weighted by Gasteiger charge is -2.19. The van der Waals surface area contributed by atoms with Gasteiger partial charge in [-0.2, -0.15) is 39.5 Å². The van der Waals surface area contributed by atoms with Gasteiger partial charge < -0.3 is 14.0 Å². The zero-order chi connectivity index (χ0) is 42.8. The molecular formula is C45H31BF9O3PS. The molecule has 0 amide bonds. The Morgan fingerprint density at radius 1 is 0.350 bits per heavy atom. The third kappa shape index (κ3) is 12.6. The molecule has 7 aromatic rings. The average molecular weight is 865 g/mol. The van der Waals surface area contributed by atoms with Gasteiger partial charge in [-0.3, -0.25) is 0 Å². The molecule has 0 radical (unpaired) electrons. The Morgan fingerprint density at radius 3 is 1.02 bits per heavy atom. The van der Waals surface area contributed by atoms with Crippen LogP contribution < -0.4 is 29.9 Å². The van der Waals surface area contributed by atoms with Crippen LogP contribution >= 0.6 is 19.7 Å². The molecule has 0 bridgehead atoms. The van der Waals surface area contributed by atoms with E-state index in [1.165, 1.54) is 25.7 Å². The van der Waals surface area contributed by atoms with Crippen LogP contribution in [0, 0.1) is 0 Å². The molecule has 0 N–H and O–H groups in total. The van der Waals surface area contributed by atoms with E-state index < -0.39 is 67.7 Å². The van der Waals surface area contributed by atoms with Crippen molar-refractivity contribution in [2.75, 3.05) is 0 Å². The molecule has 0 atom stereocenters. The molecule has 0 fully saturated rings. The Morgan fingerprint density at radius 2 is 0.667 bits per heavy atom. The van der Waals surface area contributed by atoms with Crippen LogP contribution in [0.15, 0.2) is 198 Å². The highest BCUT2D eigenvalue weighted by Gasteiger charge is 2.36. The van der Waals surface area contributed by atoms with Gasteiger partial charge in [0, 0.05) is 9.79 Å². The molecule has 7 aromatic carbocycles. The molecule has 0 aliphatic heterocycles. The average Bonchev–Trinajstić information content (AvgIpc) is 3.22. The SMILES string of the molecule is FC(F)(F)c1cccc(OB(Oc2cccc(C(F)(F)F)c2)Oc2cccc(C(F)(F)F)c2)c1.c1ccc(Sc2ccc(P(c3ccccc3)c3ccccc3)cc2)cc1. The highest BCUT2D eigenvalue weighted by atomic mass is 32.2. The van der Waals surface area contributed by atoms with Crippen molar-refractivity contribution in [3.05, 3.63) is 205 Å².